The first-order valence-corrected chi connectivity index (χ1v) is 2.71. The Balaban J connectivity index is 3.44. The zero-order chi connectivity index (χ0) is 6.41. The second-order valence-corrected chi connectivity index (χ2v) is 1.75. The Bertz CT molecular complexity index is 99.5. The molecule has 0 unspecified atom stereocenters. The van der Waals surface area contributed by atoms with Crippen molar-refractivity contribution in [3.63, 3.8) is 0 Å². The molecule has 4 nitrogen and oxygen atoms in total. The van der Waals surface area contributed by atoms with E-state index in [0.717, 1.165) is 11.9 Å². The van der Waals surface area contributed by atoms with Gasteiger partial charge in [0, 0.05) is 19.0 Å². The van der Waals surface area contributed by atoms with Crippen molar-refractivity contribution in [2.45, 2.75) is 0 Å². The summed E-state index contributed by atoms with van der Waals surface area (Å²) in [4.78, 5) is 0. The van der Waals surface area contributed by atoms with E-state index in [1.165, 1.54) is 0 Å². The van der Waals surface area contributed by atoms with Crippen molar-refractivity contribution >= 4 is 23.8 Å². The number of hydrogen-bond acceptors (Lipinski definition) is 4. The highest BCUT2D eigenvalue weighted by Gasteiger charge is 1.84. The maximum Gasteiger partial charge on any atom is 0.200 e. The van der Waals surface area contributed by atoms with E-state index in [9.17, 15) is 0 Å². The smallest absolute Gasteiger partial charge is 0.200 e. The average Bonchev–Trinajstić information content (AvgIpc) is 1.68. The lowest BCUT2D eigenvalue weighted by Crippen LogP contribution is -2.10. The highest BCUT2D eigenvalue weighted by atomic mass is 32.2. The van der Waals surface area contributed by atoms with Gasteiger partial charge in [-0.3, -0.25) is 0 Å². The van der Waals surface area contributed by atoms with Crippen molar-refractivity contribution in [3.8, 4) is 0 Å². The Morgan fingerprint density at radius 2 is 2.50 bits per heavy atom. The second kappa shape index (κ2) is 4.45. The van der Waals surface area contributed by atoms with Crippen LogP contribution in [0.3, 0.4) is 0 Å². The zero-order valence-corrected chi connectivity index (χ0v) is 5.40. The number of rotatable bonds is 2. The topological polar surface area (TPSA) is 62.8 Å². The summed E-state index contributed by atoms with van der Waals surface area (Å²) in [5, 5.41) is 3.95. The number of nitrogens with two attached hydrogens (primary N) is 1. The molecule has 0 aliphatic carbocycles. The van der Waals surface area contributed by atoms with Crippen LogP contribution in [0.15, 0.2) is 9.50 Å². The van der Waals surface area contributed by atoms with Crippen molar-refractivity contribution < 1.29 is 0 Å². The standard InChI is InChI=1S/C3H8N4S/c1-5-7-3(4)8-6-2/h5H,2H2,1H3,(H2,4,7). The summed E-state index contributed by atoms with van der Waals surface area (Å²) in [6, 6.07) is 0. The van der Waals surface area contributed by atoms with E-state index in [1.54, 1.807) is 7.05 Å². The summed E-state index contributed by atoms with van der Waals surface area (Å²) >= 11 is 1.03. The highest BCUT2D eigenvalue weighted by molar-refractivity contribution is 8.12. The average molecular weight is 132 g/mol. The van der Waals surface area contributed by atoms with Gasteiger partial charge in [-0.2, -0.15) is 5.10 Å². The van der Waals surface area contributed by atoms with Crippen molar-refractivity contribution in [2.75, 3.05) is 7.05 Å². The lowest BCUT2D eigenvalue weighted by Gasteiger charge is -1.89. The monoisotopic (exact) mass is 132 g/mol. The molecule has 5 heteroatoms. The normalized spacial score (nSPS) is 10.9. The van der Waals surface area contributed by atoms with Crippen LogP contribution in [0.4, 0.5) is 0 Å². The minimum atomic E-state index is 0.363. The van der Waals surface area contributed by atoms with E-state index in [2.05, 4.69) is 21.6 Å². The first kappa shape index (κ1) is 7.29. The van der Waals surface area contributed by atoms with Crippen LogP contribution in [-0.2, 0) is 0 Å². The van der Waals surface area contributed by atoms with E-state index in [-0.39, 0.29) is 0 Å². The molecule has 0 spiro atoms. The minimum absolute atomic E-state index is 0.363. The SMILES string of the molecule is C=NS/C(N)=N\NC. The maximum atomic E-state index is 5.21. The van der Waals surface area contributed by atoms with Gasteiger partial charge in [0.2, 0.25) is 0 Å². The fourth-order valence-electron chi connectivity index (χ4n) is 0.197. The third-order valence-electron chi connectivity index (χ3n) is 0.380. The predicted molar refractivity (Wildman–Crippen MR) is 37.8 cm³/mol. The maximum absolute atomic E-state index is 5.21. The summed E-state index contributed by atoms with van der Waals surface area (Å²) in [5.74, 6) is 0. The van der Waals surface area contributed by atoms with Gasteiger partial charge in [-0.1, -0.05) is 0 Å². The molecule has 8 heavy (non-hydrogen) atoms. The van der Waals surface area contributed by atoms with Crippen molar-refractivity contribution in [2.24, 2.45) is 15.2 Å². The molecule has 0 aliphatic rings. The third kappa shape index (κ3) is 3.48. The molecule has 3 N–H and O–H groups in total. The van der Waals surface area contributed by atoms with Gasteiger partial charge in [0.05, 0.1) is 0 Å². The van der Waals surface area contributed by atoms with E-state index in [1.807, 2.05) is 0 Å². The Morgan fingerprint density at radius 1 is 1.88 bits per heavy atom. The van der Waals surface area contributed by atoms with Gasteiger partial charge in [-0.15, -0.1) is 0 Å². The van der Waals surface area contributed by atoms with Crippen molar-refractivity contribution in [1.29, 1.82) is 0 Å². The minimum Gasteiger partial charge on any atom is -0.375 e. The number of hydrogen-bond donors (Lipinski definition) is 2. The fourth-order valence-corrected chi connectivity index (χ4v) is 0.461. The van der Waals surface area contributed by atoms with Gasteiger partial charge in [0.1, 0.15) is 0 Å². The van der Waals surface area contributed by atoms with E-state index >= 15 is 0 Å². The molecule has 0 atom stereocenters. The van der Waals surface area contributed by atoms with Crippen molar-refractivity contribution in [3.05, 3.63) is 0 Å². The molecule has 0 saturated heterocycles. The fraction of sp³-hybridized carbons (Fsp3) is 0.333. The molecule has 0 saturated carbocycles. The predicted octanol–water partition coefficient (Wildman–Crippen LogP) is -0.216. The molecular weight excluding hydrogens is 124 g/mol. The van der Waals surface area contributed by atoms with E-state index in [0.29, 0.717) is 5.17 Å². The molecule has 0 heterocycles. The summed E-state index contributed by atoms with van der Waals surface area (Å²) in [6.07, 6.45) is 0. The Labute approximate surface area is 52.4 Å². The Hall–Kier alpha value is -0.710. The molecule has 0 aromatic heterocycles. The molecule has 0 radical (unpaired) electrons. The summed E-state index contributed by atoms with van der Waals surface area (Å²) < 4.78 is 3.43. The largest absolute Gasteiger partial charge is 0.375 e. The first-order chi connectivity index (χ1) is 3.81. The van der Waals surface area contributed by atoms with E-state index < -0.39 is 0 Å². The van der Waals surface area contributed by atoms with Gasteiger partial charge in [-0.25, -0.2) is 4.40 Å². The Kier molecular flexibility index (Phi) is 4.05. The summed E-state index contributed by atoms with van der Waals surface area (Å²) in [5.41, 5.74) is 7.72. The quantitative estimate of drug-likeness (QED) is 0.236. The van der Waals surface area contributed by atoms with Crippen LogP contribution in [0.25, 0.3) is 0 Å². The van der Waals surface area contributed by atoms with Gasteiger partial charge in [0.15, 0.2) is 5.17 Å². The van der Waals surface area contributed by atoms with Crippen LogP contribution >= 0.6 is 11.9 Å². The van der Waals surface area contributed by atoms with Crippen LogP contribution in [0, 0.1) is 0 Å². The summed E-state index contributed by atoms with van der Waals surface area (Å²) in [6.45, 7) is 3.21. The van der Waals surface area contributed by atoms with Crippen LogP contribution in [0.1, 0.15) is 0 Å². The number of nitrogens with one attached hydrogen (secondary N) is 1. The van der Waals surface area contributed by atoms with Crippen LogP contribution in [0.2, 0.25) is 0 Å². The van der Waals surface area contributed by atoms with Crippen molar-refractivity contribution in [1.82, 2.24) is 5.43 Å². The molecule has 0 aliphatic heterocycles. The summed E-state index contributed by atoms with van der Waals surface area (Å²) in [7, 11) is 1.66. The molecule has 0 rings (SSSR count). The highest BCUT2D eigenvalue weighted by Crippen LogP contribution is 1.96. The number of nitrogens with zero attached hydrogens (tertiary/aromatic N) is 2. The Morgan fingerprint density at radius 3 is 2.88 bits per heavy atom. The van der Waals surface area contributed by atoms with Crippen LogP contribution < -0.4 is 11.2 Å². The lowest BCUT2D eigenvalue weighted by molar-refractivity contribution is 0.903. The van der Waals surface area contributed by atoms with Crippen LogP contribution in [0.5, 0.6) is 0 Å². The molecule has 0 fully saturated rings. The molecule has 0 aromatic rings. The molecule has 0 amide bonds. The molecule has 46 valence electrons. The van der Waals surface area contributed by atoms with E-state index in [4.69, 9.17) is 5.73 Å². The first-order valence-electron chi connectivity index (χ1n) is 1.94. The molecule has 0 aromatic carbocycles. The number of hydrazone groups is 1. The van der Waals surface area contributed by atoms with Gasteiger partial charge >= 0.3 is 0 Å². The molecular formula is C3H8N4S. The van der Waals surface area contributed by atoms with Crippen LogP contribution in [-0.4, -0.2) is 18.9 Å². The lowest BCUT2D eigenvalue weighted by atomic mass is 11.3. The third-order valence-corrected chi connectivity index (χ3v) is 0.788. The number of amidine groups is 1. The van der Waals surface area contributed by atoms with Gasteiger partial charge < -0.3 is 11.2 Å². The second-order valence-electron chi connectivity index (χ2n) is 0.894. The zero-order valence-electron chi connectivity index (χ0n) is 4.59. The van der Waals surface area contributed by atoms with Gasteiger partial charge in [-0.05, 0) is 6.72 Å². The van der Waals surface area contributed by atoms with Gasteiger partial charge in [0.25, 0.3) is 0 Å². The molecule has 0 bridgehead atoms.